The highest BCUT2D eigenvalue weighted by molar-refractivity contribution is 5.94. The van der Waals surface area contributed by atoms with Crippen molar-refractivity contribution in [1.29, 1.82) is 0 Å². The van der Waals surface area contributed by atoms with Gasteiger partial charge in [0, 0.05) is 24.7 Å². The zero-order valence-corrected chi connectivity index (χ0v) is 12.8. The van der Waals surface area contributed by atoms with Crippen LogP contribution in [0.25, 0.3) is 11.3 Å². The summed E-state index contributed by atoms with van der Waals surface area (Å²) in [6.07, 6.45) is -0.447. The predicted octanol–water partition coefficient (Wildman–Crippen LogP) is 1.65. The van der Waals surface area contributed by atoms with E-state index >= 15 is 0 Å². The molecule has 1 saturated heterocycles. The van der Waals surface area contributed by atoms with Gasteiger partial charge in [0.05, 0.1) is 12.3 Å². The van der Waals surface area contributed by atoms with Crippen molar-refractivity contribution < 1.29 is 9.53 Å². The number of morpholine rings is 1. The lowest BCUT2D eigenvalue weighted by molar-refractivity contribution is -0.132. The van der Waals surface area contributed by atoms with Crippen molar-refractivity contribution in [2.24, 2.45) is 0 Å². The summed E-state index contributed by atoms with van der Waals surface area (Å²) < 4.78 is 5.50. The summed E-state index contributed by atoms with van der Waals surface area (Å²) in [5, 5.41) is 9.93. The number of benzene rings is 1. The molecular weight excluding hydrogens is 280 g/mol. The lowest BCUT2D eigenvalue weighted by atomic mass is 10.1. The Labute approximate surface area is 129 Å². The van der Waals surface area contributed by atoms with Crippen LogP contribution < -0.4 is 5.32 Å². The Bertz CT molecular complexity index is 668. The Hall–Kier alpha value is -2.18. The topological polar surface area (TPSA) is 70.2 Å². The summed E-state index contributed by atoms with van der Waals surface area (Å²) in [7, 11) is 1.98. The van der Waals surface area contributed by atoms with Crippen LogP contribution in [0, 0.1) is 6.92 Å². The molecule has 0 spiro atoms. The second-order valence-corrected chi connectivity index (χ2v) is 5.59. The van der Waals surface area contributed by atoms with Gasteiger partial charge in [0.2, 0.25) is 0 Å². The number of H-pyrrole nitrogens is 1. The van der Waals surface area contributed by atoms with Crippen LogP contribution in [0.1, 0.15) is 5.56 Å². The molecule has 0 radical (unpaired) electrons. The molecule has 1 atom stereocenters. The third kappa shape index (κ3) is 3.18. The summed E-state index contributed by atoms with van der Waals surface area (Å²) in [5.41, 5.74) is 3.11. The largest absolute Gasteiger partial charge is 0.366 e. The zero-order chi connectivity index (χ0) is 15.5. The molecule has 0 aliphatic carbocycles. The van der Waals surface area contributed by atoms with Gasteiger partial charge in [0.15, 0.2) is 5.82 Å². The second kappa shape index (κ2) is 6.29. The highest BCUT2D eigenvalue weighted by Gasteiger charge is 2.25. The van der Waals surface area contributed by atoms with E-state index in [0.717, 1.165) is 23.4 Å². The first-order valence-corrected chi connectivity index (χ1v) is 7.36. The minimum atomic E-state index is -0.447. The molecule has 2 N–H and O–H groups in total. The normalized spacial score (nSPS) is 19.1. The van der Waals surface area contributed by atoms with Gasteiger partial charge in [-0.1, -0.05) is 24.3 Å². The number of nitrogens with one attached hydrogen (secondary N) is 2. The zero-order valence-electron chi connectivity index (χ0n) is 12.8. The molecule has 0 bridgehead atoms. The van der Waals surface area contributed by atoms with E-state index in [4.69, 9.17) is 4.74 Å². The van der Waals surface area contributed by atoms with Crippen LogP contribution in [0.3, 0.4) is 0 Å². The number of hydrogen-bond acceptors (Lipinski definition) is 4. The molecule has 6 heteroatoms. The quantitative estimate of drug-likeness (QED) is 0.904. The monoisotopic (exact) mass is 300 g/mol. The summed E-state index contributed by atoms with van der Waals surface area (Å²) in [5.74, 6) is 0.356. The van der Waals surface area contributed by atoms with Crippen LogP contribution in [0.4, 0.5) is 5.82 Å². The van der Waals surface area contributed by atoms with E-state index in [1.807, 2.05) is 44.3 Å². The van der Waals surface area contributed by atoms with Gasteiger partial charge >= 0.3 is 0 Å². The fourth-order valence-electron chi connectivity index (χ4n) is 2.54. The van der Waals surface area contributed by atoms with Crippen LogP contribution in [0.5, 0.6) is 0 Å². The summed E-state index contributed by atoms with van der Waals surface area (Å²) in [6, 6.07) is 9.88. The number of ether oxygens (including phenoxy) is 1. The number of aryl methyl sites for hydroxylation is 1. The average molecular weight is 300 g/mol. The van der Waals surface area contributed by atoms with Crippen molar-refractivity contribution >= 4 is 11.7 Å². The molecule has 22 heavy (non-hydrogen) atoms. The Kier molecular flexibility index (Phi) is 4.22. The van der Waals surface area contributed by atoms with Gasteiger partial charge in [0.25, 0.3) is 5.91 Å². The molecule has 3 rings (SSSR count). The van der Waals surface area contributed by atoms with Gasteiger partial charge in [-0.15, -0.1) is 0 Å². The number of carbonyl (C=O) groups is 1. The Balaban J connectivity index is 1.69. The van der Waals surface area contributed by atoms with E-state index in [9.17, 15) is 4.79 Å². The third-order valence-corrected chi connectivity index (χ3v) is 3.83. The van der Waals surface area contributed by atoms with Gasteiger partial charge in [-0.05, 0) is 19.5 Å². The van der Waals surface area contributed by atoms with E-state index in [0.29, 0.717) is 19.0 Å². The minimum Gasteiger partial charge on any atom is -0.366 e. The molecule has 1 amide bonds. The number of hydrogen-bond donors (Lipinski definition) is 2. The van der Waals surface area contributed by atoms with Gasteiger partial charge in [-0.2, -0.15) is 5.10 Å². The second-order valence-electron chi connectivity index (χ2n) is 5.59. The Morgan fingerprint density at radius 3 is 3.05 bits per heavy atom. The summed E-state index contributed by atoms with van der Waals surface area (Å²) in [6.45, 7) is 4.06. The van der Waals surface area contributed by atoms with Gasteiger partial charge in [0.1, 0.15) is 6.10 Å². The molecule has 2 heterocycles. The van der Waals surface area contributed by atoms with Crippen molar-refractivity contribution in [3.63, 3.8) is 0 Å². The number of likely N-dealkylation sites (N-methyl/N-ethyl adjacent to an activating group) is 1. The number of carbonyl (C=O) groups excluding carboxylic acids is 1. The number of aromatic amines is 1. The Morgan fingerprint density at radius 1 is 1.45 bits per heavy atom. The number of rotatable bonds is 3. The highest BCUT2D eigenvalue weighted by atomic mass is 16.5. The van der Waals surface area contributed by atoms with E-state index in [2.05, 4.69) is 20.4 Å². The molecule has 1 aromatic heterocycles. The molecule has 6 nitrogen and oxygen atoms in total. The first kappa shape index (κ1) is 14.7. The highest BCUT2D eigenvalue weighted by Crippen LogP contribution is 2.23. The van der Waals surface area contributed by atoms with Crippen molar-refractivity contribution in [1.82, 2.24) is 15.1 Å². The molecule has 1 aromatic carbocycles. The van der Waals surface area contributed by atoms with Crippen LogP contribution in [0.2, 0.25) is 0 Å². The smallest absolute Gasteiger partial charge is 0.256 e. The van der Waals surface area contributed by atoms with E-state index in [-0.39, 0.29) is 5.91 Å². The van der Waals surface area contributed by atoms with E-state index in [1.54, 1.807) is 0 Å². The van der Waals surface area contributed by atoms with Crippen LogP contribution in [-0.4, -0.2) is 53.9 Å². The first-order valence-electron chi connectivity index (χ1n) is 7.36. The average Bonchev–Trinajstić information content (AvgIpc) is 2.96. The van der Waals surface area contributed by atoms with Crippen molar-refractivity contribution in [3.05, 3.63) is 35.9 Å². The van der Waals surface area contributed by atoms with E-state index in [1.165, 1.54) is 0 Å². The van der Waals surface area contributed by atoms with Crippen LogP contribution >= 0.6 is 0 Å². The molecule has 1 aliphatic rings. The van der Waals surface area contributed by atoms with Crippen molar-refractivity contribution in [2.45, 2.75) is 13.0 Å². The van der Waals surface area contributed by atoms with Gasteiger partial charge < -0.3 is 15.0 Å². The fourth-order valence-corrected chi connectivity index (χ4v) is 2.54. The lowest BCUT2D eigenvalue weighted by Gasteiger charge is -2.28. The van der Waals surface area contributed by atoms with Gasteiger partial charge in [-0.3, -0.25) is 9.89 Å². The van der Waals surface area contributed by atoms with Crippen LogP contribution in [-0.2, 0) is 9.53 Å². The number of amides is 1. The molecule has 116 valence electrons. The number of nitrogens with zero attached hydrogens (tertiary/aromatic N) is 2. The molecule has 1 fully saturated rings. The summed E-state index contributed by atoms with van der Waals surface area (Å²) >= 11 is 0. The number of anilines is 1. The molecule has 0 saturated carbocycles. The van der Waals surface area contributed by atoms with Crippen molar-refractivity contribution in [2.75, 3.05) is 32.1 Å². The standard InChI is InChI=1S/C16H20N4O2/c1-11-5-3-4-6-12(11)13-9-15(19-18-13)17-16(21)14-10-20(2)7-8-22-14/h3-6,9,14H,7-8,10H2,1-2H3,(H2,17,18,19,21). The van der Waals surface area contributed by atoms with Gasteiger partial charge in [-0.25, -0.2) is 0 Å². The van der Waals surface area contributed by atoms with E-state index < -0.39 is 6.10 Å². The van der Waals surface area contributed by atoms with Crippen molar-refractivity contribution in [3.8, 4) is 11.3 Å². The maximum absolute atomic E-state index is 12.2. The molecule has 1 unspecified atom stereocenters. The molecule has 1 aliphatic heterocycles. The number of aromatic nitrogens is 2. The molecule has 2 aromatic rings. The predicted molar refractivity (Wildman–Crippen MR) is 84.6 cm³/mol. The first-order chi connectivity index (χ1) is 10.6. The van der Waals surface area contributed by atoms with Crippen LogP contribution in [0.15, 0.2) is 30.3 Å². The fraction of sp³-hybridized carbons (Fsp3) is 0.375. The summed E-state index contributed by atoms with van der Waals surface area (Å²) in [4.78, 5) is 14.3. The Morgan fingerprint density at radius 2 is 2.27 bits per heavy atom. The lowest BCUT2D eigenvalue weighted by Crippen LogP contribution is -2.46. The maximum atomic E-state index is 12.2. The maximum Gasteiger partial charge on any atom is 0.256 e. The third-order valence-electron chi connectivity index (χ3n) is 3.83. The SMILES string of the molecule is Cc1ccccc1-c1cc(NC(=O)C2CN(C)CCO2)n[nH]1. The molecular formula is C16H20N4O2. The minimum absolute atomic E-state index is 0.158.